The van der Waals surface area contributed by atoms with Crippen LogP contribution in [0.15, 0.2) is 23.3 Å². The molecule has 0 nitrogen and oxygen atoms in total. The van der Waals surface area contributed by atoms with E-state index in [-0.39, 0.29) is 0 Å². The smallest absolute Gasteiger partial charge is 0.0212 e. The summed E-state index contributed by atoms with van der Waals surface area (Å²) in [4.78, 5) is 0. The largest absolute Gasteiger partial charge is 0.0888 e. The molecule has 0 radical (unpaired) electrons. The lowest BCUT2D eigenvalue weighted by Crippen LogP contribution is -1.98. The molecule has 0 aromatic rings. The molecule has 0 saturated heterocycles. The maximum atomic E-state index is 5.87. The van der Waals surface area contributed by atoms with Crippen molar-refractivity contribution in [3.8, 4) is 0 Å². The van der Waals surface area contributed by atoms with Crippen LogP contribution in [0.3, 0.4) is 0 Å². The second-order valence-electron chi connectivity index (χ2n) is 2.58. The lowest BCUT2D eigenvalue weighted by Gasteiger charge is -2.12. The Kier molecular flexibility index (Phi) is 1.97. The lowest BCUT2D eigenvalue weighted by molar-refractivity contribution is 0.812. The molecule has 2 atom stereocenters. The number of hydrogen-bond donors (Lipinski definition) is 0. The van der Waals surface area contributed by atoms with Crippen LogP contribution in [0.2, 0.25) is 0 Å². The molecule has 0 amide bonds. The van der Waals surface area contributed by atoms with E-state index in [0.29, 0.717) is 11.8 Å². The molecule has 0 saturated carbocycles. The zero-order valence-corrected chi connectivity index (χ0v) is 6.52. The fourth-order valence-electron chi connectivity index (χ4n) is 0.892. The lowest BCUT2D eigenvalue weighted by atomic mass is 9.99. The average Bonchev–Trinajstić information content (AvgIpc) is 1.80. The predicted molar refractivity (Wildman–Crippen MR) is 41.4 cm³/mol. The molecule has 9 heavy (non-hydrogen) atoms. The molecule has 1 aliphatic carbocycles. The quantitative estimate of drug-likeness (QED) is 0.457. The fraction of sp³-hybridized carbons (Fsp3) is 0.500. The third-order valence-electron chi connectivity index (χ3n) is 1.56. The first-order chi connectivity index (χ1) is 4.20. The highest BCUT2D eigenvalue weighted by molar-refractivity contribution is 6.30. The van der Waals surface area contributed by atoms with Gasteiger partial charge in [-0.05, 0) is 5.92 Å². The Morgan fingerprint density at radius 3 is 2.44 bits per heavy atom. The van der Waals surface area contributed by atoms with Crippen LogP contribution in [0.4, 0.5) is 0 Å². The topological polar surface area (TPSA) is 0 Å². The normalized spacial score (nSPS) is 34.3. The van der Waals surface area contributed by atoms with Crippen molar-refractivity contribution in [2.24, 2.45) is 11.8 Å². The van der Waals surface area contributed by atoms with E-state index in [1.54, 1.807) is 0 Å². The highest BCUT2D eigenvalue weighted by Gasteiger charge is 2.07. The fourth-order valence-corrected chi connectivity index (χ4v) is 1.16. The van der Waals surface area contributed by atoms with Crippen LogP contribution >= 0.6 is 11.6 Å². The van der Waals surface area contributed by atoms with E-state index < -0.39 is 0 Å². The van der Waals surface area contributed by atoms with E-state index in [1.165, 1.54) is 0 Å². The van der Waals surface area contributed by atoms with Crippen LogP contribution in [0.25, 0.3) is 0 Å². The van der Waals surface area contributed by atoms with E-state index in [1.807, 2.05) is 0 Å². The third-order valence-corrected chi connectivity index (χ3v) is 2.03. The van der Waals surface area contributed by atoms with Crippen molar-refractivity contribution in [1.29, 1.82) is 0 Å². The van der Waals surface area contributed by atoms with Gasteiger partial charge in [0.1, 0.15) is 0 Å². The van der Waals surface area contributed by atoms with E-state index in [2.05, 4.69) is 32.1 Å². The van der Waals surface area contributed by atoms with Gasteiger partial charge in [0.05, 0.1) is 0 Å². The van der Waals surface area contributed by atoms with Gasteiger partial charge in [-0.3, -0.25) is 0 Å². The Balaban J connectivity index is 2.70. The SMILES string of the molecule is CC1C=CC(C)C(Cl)=C1. The monoisotopic (exact) mass is 142 g/mol. The predicted octanol–water partition coefficient (Wildman–Crippen LogP) is 2.95. The summed E-state index contributed by atoms with van der Waals surface area (Å²) in [6.45, 7) is 4.23. The summed E-state index contributed by atoms with van der Waals surface area (Å²) < 4.78 is 0. The maximum Gasteiger partial charge on any atom is 0.0212 e. The third kappa shape index (κ3) is 1.59. The van der Waals surface area contributed by atoms with Gasteiger partial charge in [0.15, 0.2) is 0 Å². The molecule has 0 heterocycles. The standard InChI is InChI=1S/C8H11Cl/c1-6-3-4-7(2)8(9)5-6/h3-7H,1-2H3. The van der Waals surface area contributed by atoms with Crippen LogP contribution in [-0.4, -0.2) is 0 Å². The van der Waals surface area contributed by atoms with Crippen LogP contribution in [0.5, 0.6) is 0 Å². The Morgan fingerprint density at radius 1 is 1.33 bits per heavy atom. The van der Waals surface area contributed by atoms with E-state index in [9.17, 15) is 0 Å². The zero-order valence-electron chi connectivity index (χ0n) is 5.76. The highest BCUT2D eigenvalue weighted by Crippen LogP contribution is 2.23. The Labute approximate surface area is 61.2 Å². The van der Waals surface area contributed by atoms with Gasteiger partial charge < -0.3 is 0 Å². The van der Waals surface area contributed by atoms with Crippen molar-refractivity contribution in [3.63, 3.8) is 0 Å². The van der Waals surface area contributed by atoms with Crippen LogP contribution in [0, 0.1) is 11.8 Å². The zero-order chi connectivity index (χ0) is 6.85. The van der Waals surface area contributed by atoms with Crippen molar-refractivity contribution in [1.82, 2.24) is 0 Å². The number of rotatable bonds is 0. The summed E-state index contributed by atoms with van der Waals surface area (Å²) in [7, 11) is 0. The molecule has 2 unspecified atom stereocenters. The molecular weight excluding hydrogens is 132 g/mol. The molecule has 50 valence electrons. The molecule has 0 aromatic heterocycles. The second-order valence-corrected chi connectivity index (χ2v) is 3.02. The van der Waals surface area contributed by atoms with Crippen molar-refractivity contribution >= 4 is 11.6 Å². The molecule has 0 fully saturated rings. The van der Waals surface area contributed by atoms with Gasteiger partial charge in [0, 0.05) is 11.0 Å². The van der Waals surface area contributed by atoms with E-state index in [4.69, 9.17) is 11.6 Å². The number of halogens is 1. The minimum absolute atomic E-state index is 0.433. The second kappa shape index (κ2) is 2.57. The number of hydrogen-bond acceptors (Lipinski definition) is 0. The van der Waals surface area contributed by atoms with Gasteiger partial charge in [-0.1, -0.05) is 43.7 Å². The Hall–Kier alpha value is -0.230. The van der Waals surface area contributed by atoms with Gasteiger partial charge in [0.25, 0.3) is 0 Å². The van der Waals surface area contributed by atoms with Crippen LogP contribution in [0.1, 0.15) is 13.8 Å². The van der Waals surface area contributed by atoms with Gasteiger partial charge >= 0.3 is 0 Å². The van der Waals surface area contributed by atoms with Gasteiger partial charge in [-0.25, -0.2) is 0 Å². The summed E-state index contributed by atoms with van der Waals surface area (Å²) in [5, 5.41) is 0.977. The van der Waals surface area contributed by atoms with Crippen molar-refractivity contribution in [3.05, 3.63) is 23.3 Å². The van der Waals surface area contributed by atoms with Gasteiger partial charge in [0.2, 0.25) is 0 Å². The molecule has 1 aliphatic rings. The average molecular weight is 143 g/mol. The van der Waals surface area contributed by atoms with E-state index in [0.717, 1.165) is 5.03 Å². The van der Waals surface area contributed by atoms with Crippen LogP contribution in [-0.2, 0) is 0 Å². The Morgan fingerprint density at radius 2 is 2.00 bits per heavy atom. The molecule has 0 spiro atoms. The first-order valence-corrected chi connectivity index (χ1v) is 3.63. The highest BCUT2D eigenvalue weighted by atomic mass is 35.5. The molecule has 0 N–H and O–H groups in total. The van der Waals surface area contributed by atoms with Crippen molar-refractivity contribution < 1.29 is 0 Å². The summed E-state index contributed by atoms with van der Waals surface area (Å²) >= 11 is 5.87. The molecule has 0 aromatic carbocycles. The number of allylic oxidation sites excluding steroid dienone is 4. The van der Waals surface area contributed by atoms with Gasteiger partial charge in [-0.2, -0.15) is 0 Å². The summed E-state index contributed by atoms with van der Waals surface area (Å²) in [5.41, 5.74) is 0. The van der Waals surface area contributed by atoms with E-state index >= 15 is 0 Å². The van der Waals surface area contributed by atoms with Crippen LogP contribution < -0.4 is 0 Å². The molecule has 1 rings (SSSR count). The minimum Gasteiger partial charge on any atom is -0.0888 e. The molecule has 0 bridgehead atoms. The molecular formula is C8H11Cl. The summed E-state index contributed by atoms with van der Waals surface area (Å²) in [6, 6.07) is 0. The van der Waals surface area contributed by atoms with Crippen molar-refractivity contribution in [2.45, 2.75) is 13.8 Å². The summed E-state index contributed by atoms with van der Waals surface area (Å²) in [6.07, 6.45) is 6.41. The molecule has 0 aliphatic heterocycles. The first kappa shape index (κ1) is 6.88. The molecule has 1 heteroatoms. The Bertz CT molecular complexity index is 156. The minimum atomic E-state index is 0.433. The first-order valence-electron chi connectivity index (χ1n) is 3.25. The van der Waals surface area contributed by atoms with Crippen molar-refractivity contribution in [2.75, 3.05) is 0 Å². The summed E-state index contributed by atoms with van der Waals surface area (Å²) in [5.74, 6) is 0.955. The maximum absolute atomic E-state index is 5.87. The van der Waals surface area contributed by atoms with Gasteiger partial charge in [-0.15, -0.1) is 0 Å².